The van der Waals surface area contributed by atoms with Crippen molar-refractivity contribution in [1.29, 1.82) is 0 Å². The Hall–Kier alpha value is -3.42. The first kappa shape index (κ1) is 19.3. The number of carbonyl (C=O) groups is 2. The highest BCUT2D eigenvalue weighted by Gasteiger charge is 2.25. The number of nitrogens with one attached hydrogen (secondary N) is 2. The molecule has 0 aliphatic heterocycles. The highest BCUT2D eigenvalue weighted by Crippen LogP contribution is 2.33. The maximum atomic E-state index is 13.6. The fourth-order valence-electron chi connectivity index (χ4n) is 2.97. The van der Waals surface area contributed by atoms with Gasteiger partial charge in [0.15, 0.2) is 0 Å². The molecule has 8 heteroatoms. The van der Waals surface area contributed by atoms with E-state index in [1.165, 1.54) is 30.5 Å². The number of anilines is 1. The predicted octanol–water partition coefficient (Wildman–Crippen LogP) is 3.89. The minimum Gasteiger partial charge on any atom is -0.459 e. The van der Waals surface area contributed by atoms with Crippen molar-refractivity contribution >= 4 is 28.6 Å². The summed E-state index contributed by atoms with van der Waals surface area (Å²) >= 11 is 0. The minimum atomic E-state index is -0.646. The molecule has 3 rings (SSSR count). The summed E-state index contributed by atoms with van der Waals surface area (Å²) < 4.78 is 19.5. The van der Waals surface area contributed by atoms with Gasteiger partial charge in [0.05, 0.1) is 17.9 Å². The van der Waals surface area contributed by atoms with Gasteiger partial charge in [-0.2, -0.15) is 0 Å². The highest BCUT2D eigenvalue weighted by atomic mass is 19.1. The number of primary amides is 1. The Kier molecular flexibility index (Phi) is 5.30. The number of amides is 3. The molecule has 7 nitrogen and oxygen atoms in total. The van der Waals surface area contributed by atoms with E-state index in [0.717, 1.165) is 5.56 Å². The molecule has 28 heavy (non-hydrogen) atoms. The van der Waals surface area contributed by atoms with Crippen molar-refractivity contribution in [2.24, 2.45) is 11.7 Å². The molecular weight excluding hydrogens is 363 g/mol. The van der Waals surface area contributed by atoms with Crippen LogP contribution in [0.25, 0.3) is 11.0 Å². The van der Waals surface area contributed by atoms with Crippen LogP contribution in [-0.4, -0.2) is 16.9 Å². The number of urea groups is 1. The van der Waals surface area contributed by atoms with Crippen LogP contribution in [0.15, 0.2) is 40.9 Å². The number of rotatable bonds is 5. The minimum absolute atomic E-state index is 0.0187. The molecule has 0 saturated carbocycles. The summed E-state index contributed by atoms with van der Waals surface area (Å²) in [6.07, 6.45) is 1.35. The molecule has 0 aliphatic rings. The predicted molar refractivity (Wildman–Crippen MR) is 103 cm³/mol. The summed E-state index contributed by atoms with van der Waals surface area (Å²) in [6, 6.07) is 6.41. The Morgan fingerprint density at radius 3 is 2.57 bits per heavy atom. The molecule has 1 aromatic carbocycles. The number of halogens is 1. The van der Waals surface area contributed by atoms with Crippen molar-refractivity contribution in [1.82, 2.24) is 10.3 Å². The molecule has 0 spiro atoms. The smallest absolute Gasteiger partial charge is 0.319 e. The average Bonchev–Trinajstić information content (AvgIpc) is 2.96. The van der Waals surface area contributed by atoms with Gasteiger partial charge in [0, 0.05) is 10.9 Å². The van der Waals surface area contributed by atoms with E-state index in [4.69, 9.17) is 10.2 Å². The Labute approximate surface area is 161 Å². The van der Waals surface area contributed by atoms with Crippen LogP contribution in [0.3, 0.4) is 0 Å². The number of nitrogens with two attached hydrogens (primary N) is 1. The number of carbonyl (C=O) groups excluding carboxylic acids is 2. The number of benzene rings is 1. The van der Waals surface area contributed by atoms with Crippen molar-refractivity contribution < 1.29 is 18.4 Å². The molecule has 2 aromatic heterocycles. The molecule has 0 aliphatic carbocycles. The molecule has 3 amide bonds. The van der Waals surface area contributed by atoms with Gasteiger partial charge >= 0.3 is 6.03 Å². The van der Waals surface area contributed by atoms with Gasteiger partial charge < -0.3 is 20.8 Å². The summed E-state index contributed by atoms with van der Waals surface area (Å²) in [5, 5.41) is 6.21. The maximum Gasteiger partial charge on any atom is 0.319 e. The quantitative estimate of drug-likeness (QED) is 0.620. The normalized spacial score (nSPS) is 12.2. The van der Waals surface area contributed by atoms with Crippen LogP contribution in [0.2, 0.25) is 0 Å². The number of pyridine rings is 1. The van der Waals surface area contributed by atoms with E-state index in [9.17, 15) is 14.0 Å². The third-order valence-corrected chi connectivity index (χ3v) is 4.44. The zero-order valence-corrected chi connectivity index (χ0v) is 15.7. The number of furan rings is 1. The Morgan fingerprint density at radius 1 is 1.21 bits per heavy atom. The van der Waals surface area contributed by atoms with Crippen LogP contribution in [0.4, 0.5) is 14.9 Å². The monoisotopic (exact) mass is 384 g/mol. The van der Waals surface area contributed by atoms with Gasteiger partial charge in [-0.05, 0) is 43.2 Å². The van der Waals surface area contributed by atoms with E-state index in [1.807, 2.05) is 20.8 Å². The Balaban J connectivity index is 1.80. The standard InChI is InChI=1S/C20H21FN4O3/c1-10(2)17(18-11(3)14-8-12(21)4-7-16(14)28-18)25-20(27)24-13-5-6-15(19(22)26)23-9-13/h4-10,17H,1-3H3,(H2,22,26)(H2,24,25,27). The number of nitrogens with zero attached hydrogens (tertiary/aromatic N) is 1. The number of fused-ring (bicyclic) bond motifs is 1. The molecule has 0 bridgehead atoms. The summed E-state index contributed by atoms with van der Waals surface area (Å²) in [6.45, 7) is 5.73. The van der Waals surface area contributed by atoms with Gasteiger partial charge in [-0.15, -0.1) is 0 Å². The fourth-order valence-corrected chi connectivity index (χ4v) is 2.97. The van der Waals surface area contributed by atoms with Gasteiger partial charge in [-0.25, -0.2) is 14.2 Å². The number of hydrogen-bond acceptors (Lipinski definition) is 4. The molecule has 1 unspecified atom stereocenters. The Bertz CT molecular complexity index is 1030. The van der Waals surface area contributed by atoms with Gasteiger partial charge in [0.1, 0.15) is 22.9 Å². The van der Waals surface area contributed by atoms with Crippen LogP contribution in [0.5, 0.6) is 0 Å². The van der Waals surface area contributed by atoms with E-state index >= 15 is 0 Å². The van der Waals surface area contributed by atoms with Crippen molar-refractivity contribution in [3.05, 3.63) is 59.4 Å². The maximum absolute atomic E-state index is 13.6. The summed E-state index contributed by atoms with van der Waals surface area (Å²) in [5.41, 5.74) is 7.01. The van der Waals surface area contributed by atoms with E-state index in [-0.39, 0.29) is 17.4 Å². The fraction of sp³-hybridized carbons (Fsp3) is 0.250. The average molecular weight is 384 g/mol. The number of aromatic nitrogens is 1. The van der Waals surface area contributed by atoms with Crippen LogP contribution in [0, 0.1) is 18.7 Å². The van der Waals surface area contributed by atoms with Crippen LogP contribution >= 0.6 is 0 Å². The van der Waals surface area contributed by atoms with Crippen molar-refractivity contribution in [2.75, 3.05) is 5.32 Å². The molecule has 0 saturated heterocycles. The molecule has 0 fully saturated rings. The summed E-state index contributed by atoms with van der Waals surface area (Å²) in [7, 11) is 0. The van der Waals surface area contributed by atoms with Crippen LogP contribution in [0.1, 0.15) is 41.7 Å². The SMILES string of the molecule is Cc1c(C(NC(=O)Nc2ccc(C(N)=O)nc2)C(C)C)oc2ccc(F)cc12. The zero-order chi connectivity index (χ0) is 20.4. The van der Waals surface area contributed by atoms with Crippen LogP contribution in [-0.2, 0) is 0 Å². The van der Waals surface area contributed by atoms with Crippen LogP contribution < -0.4 is 16.4 Å². The molecule has 3 aromatic rings. The first-order valence-electron chi connectivity index (χ1n) is 8.78. The van der Waals surface area contributed by atoms with E-state index in [2.05, 4.69) is 15.6 Å². The third kappa shape index (κ3) is 3.95. The largest absolute Gasteiger partial charge is 0.459 e. The second-order valence-electron chi connectivity index (χ2n) is 6.85. The van der Waals surface area contributed by atoms with Crippen molar-refractivity contribution in [3.8, 4) is 0 Å². The van der Waals surface area contributed by atoms with E-state index < -0.39 is 18.0 Å². The third-order valence-electron chi connectivity index (χ3n) is 4.44. The molecule has 4 N–H and O–H groups in total. The van der Waals surface area contributed by atoms with Gasteiger partial charge in [-0.1, -0.05) is 13.8 Å². The molecular formula is C20H21FN4O3. The lowest BCUT2D eigenvalue weighted by Gasteiger charge is -2.21. The second-order valence-corrected chi connectivity index (χ2v) is 6.85. The van der Waals surface area contributed by atoms with Crippen molar-refractivity contribution in [2.45, 2.75) is 26.8 Å². The van der Waals surface area contributed by atoms with Gasteiger partial charge in [0.25, 0.3) is 5.91 Å². The van der Waals surface area contributed by atoms with E-state index in [1.54, 1.807) is 6.07 Å². The zero-order valence-electron chi connectivity index (χ0n) is 15.7. The van der Waals surface area contributed by atoms with Crippen molar-refractivity contribution in [3.63, 3.8) is 0 Å². The molecule has 0 radical (unpaired) electrons. The van der Waals surface area contributed by atoms with Gasteiger partial charge in [-0.3, -0.25) is 4.79 Å². The lowest BCUT2D eigenvalue weighted by molar-refractivity contribution is 0.0995. The summed E-state index contributed by atoms with van der Waals surface area (Å²) in [4.78, 5) is 27.4. The molecule has 146 valence electrons. The lowest BCUT2D eigenvalue weighted by atomic mass is 9.98. The highest BCUT2D eigenvalue weighted by molar-refractivity contribution is 5.92. The number of aryl methyl sites for hydroxylation is 1. The molecule has 1 atom stereocenters. The number of hydrogen-bond donors (Lipinski definition) is 3. The lowest BCUT2D eigenvalue weighted by Crippen LogP contribution is -2.35. The first-order valence-corrected chi connectivity index (χ1v) is 8.78. The second kappa shape index (κ2) is 7.67. The van der Waals surface area contributed by atoms with E-state index in [0.29, 0.717) is 22.4 Å². The molecule has 2 heterocycles. The topological polar surface area (TPSA) is 110 Å². The summed E-state index contributed by atoms with van der Waals surface area (Å²) in [5.74, 6) is -0.396. The Morgan fingerprint density at radius 2 is 1.96 bits per heavy atom. The van der Waals surface area contributed by atoms with Gasteiger partial charge in [0.2, 0.25) is 0 Å². The first-order chi connectivity index (χ1) is 13.3.